The first-order valence-corrected chi connectivity index (χ1v) is 5.94. The summed E-state index contributed by atoms with van der Waals surface area (Å²) in [5.74, 6) is 1.09. The van der Waals surface area contributed by atoms with E-state index in [-0.39, 0.29) is 10.6 Å². The third kappa shape index (κ3) is 2.72. The molecule has 0 radical (unpaired) electrons. The van der Waals surface area contributed by atoms with Crippen LogP contribution < -0.4 is 5.32 Å². The maximum atomic E-state index is 10.9. The van der Waals surface area contributed by atoms with Crippen LogP contribution in [0.15, 0.2) is 12.3 Å². The predicted molar refractivity (Wildman–Crippen MR) is 66.1 cm³/mol. The Bertz CT molecular complexity index is 434. The standard InChI is InChI=1S/C12H17N3O2/c1-8-3-4-10(5-8)14-12-11(15(16)17)6-9(2)7-13-12/h6-8,10H,3-5H2,1-2H3,(H,13,14). The molecule has 17 heavy (non-hydrogen) atoms. The molecule has 2 unspecified atom stereocenters. The number of rotatable bonds is 3. The zero-order chi connectivity index (χ0) is 12.4. The molecule has 1 saturated carbocycles. The summed E-state index contributed by atoms with van der Waals surface area (Å²) in [5.41, 5.74) is 0.881. The molecule has 1 aliphatic rings. The van der Waals surface area contributed by atoms with E-state index >= 15 is 0 Å². The van der Waals surface area contributed by atoms with Gasteiger partial charge in [0.1, 0.15) is 0 Å². The Balaban J connectivity index is 2.17. The Morgan fingerprint density at radius 2 is 2.29 bits per heavy atom. The third-order valence-electron chi connectivity index (χ3n) is 3.24. The Hall–Kier alpha value is -1.65. The maximum absolute atomic E-state index is 10.9. The molecular formula is C12H17N3O2. The lowest BCUT2D eigenvalue weighted by Crippen LogP contribution is -2.17. The molecule has 0 aliphatic heterocycles. The summed E-state index contributed by atoms with van der Waals surface area (Å²) in [4.78, 5) is 14.7. The van der Waals surface area contributed by atoms with Gasteiger partial charge in [-0.1, -0.05) is 6.92 Å². The van der Waals surface area contributed by atoms with Crippen molar-refractivity contribution >= 4 is 11.5 Å². The summed E-state index contributed by atoms with van der Waals surface area (Å²) in [6, 6.07) is 1.88. The van der Waals surface area contributed by atoms with E-state index in [1.807, 2.05) is 0 Å². The molecule has 2 rings (SSSR count). The van der Waals surface area contributed by atoms with Crippen LogP contribution in [0.1, 0.15) is 31.7 Å². The molecule has 1 N–H and O–H groups in total. The van der Waals surface area contributed by atoms with Crippen molar-refractivity contribution in [2.45, 2.75) is 39.2 Å². The van der Waals surface area contributed by atoms with Gasteiger partial charge in [-0.15, -0.1) is 0 Å². The first kappa shape index (κ1) is 11.8. The predicted octanol–water partition coefficient (Wildman–Crippen LogP) is 2.90. The number of hydrogen-bond donors (Lipinski definition) is 1. The van der Waals surface area contributed by atoms with Crippen molar-refractivity contribution in [3.05, 3.63) is 27.9 Å². The minimum Gasteiger partial charge on any atom is -0.362 e. The Morgan fingerprint density at radius 3 is 2.88 bits per heavy atom. The van der Waals surface area contributed by atoms with Gasteiger partial charge in [-0.2, -0.15) is 0 Å². The number of anilines is 1. The van der Waals surface area contributed by atoms with E-state index < -0.39 is 0 Å². The van der Waals surface area contributed by atoms with Gasteiger partial charge >= 0.3 is 5.69 Å². The van der Waals surface area contributed by atoms with Gasteiger partial charge in [0.15, 0.2) is 0 Å². The summed E-state index contributed by atoms with van der Waals surface area (Å²) >= 11 is 0. The van der Waals surface area contributed by atoms with E-state index in [0.29, 0.717) is 17.8 Å². The lowest BCUT2D eigenvalue weighted by atomic mass is 10.1. The second kappa shape index (κ2) is 4.69. The number of nitro groups is 1. The van der Waals surface area contributed by atoms with Gasteiger partial charge in [0.25, 0.3) is 0 Å². The second-order valence-electron chi connectivity index (χ2n) is 4.90. The third-order valence-corrected chi connectivity index (χ3v) is 3.24. The van der Waals surface area contributed by atoms with Crippen LogP contribution in [-0.4, -0.2) is 15.9 Å². The first-order chi connectivity index (χ1) is 8.06. The molecule has 0 spiro atoms. The van der Waals surface area contributed by atoms with Crippen LogP contribution in [0.25, 0.3) is 0 Å². The van der Waals surface area contributed by atoms with Crippen LogP contribution in [0.3, 0.4) is 0 Å². The van der Waals surface area contributed by atoms with Crippen molar-refractivity contribution in [1.29, 1.82) is 0 Å². The molecule has 0 bridgehead atoms. The highest BCUT2D eigenvalue weighted by Gasteiger charge is 2.24. The Kier molecular flexibility index (Phi) is 3.26. The maximum Gasteiger partial charge on any atom is 0.311 e. The van der Waals surface area contributed by atoms with Crippen LogP contribution in [-0.2, 0) is 0 Å². The number of hydrogen-bond acceptors (Lipinski definition) is 4. The quantitative estimate of drug-likeness (QED) is 0.646. The average molecular weight is 235 g/mol. The molecule has 1 aromatic rings. The van der Waals surface area contributed by atoms with Crippen molar-refractivity contribution in [2.24, 2.45) is 5.92 Å². The first-order valence-electron chi connectivity index (χ1n) is 5.94. The van der Waals surface area contributed by atoms with Gasteiger partial charge in [0.05, 0.1) is 4.92 Å². The number of pyridine rings is 1. The molecule has 0 saturated heterocycles. The molecule has 1 aliphatic carbocycles. The van der Waals surface area contributed by atoms with Crippen LogP contribution in [0.5, 0.6) is 0 Å². The molecule has 5 nitrogen and oxygen atoms in total. The van der Waals surface area contributed by atoms with Gasteiger partial charge in [-0.25, -0.2) is 4.98 Å². The van der Waals surface area contributed by atoms with E-state index in [4.69, 9.17) is 0 Å². The highest BCUT2D eigenvalue weighted by molar-refractivity contribution is 5.57. The van der Waals surface area contributed by atoms with E-state index in [2.05, 4.69) is 17.2 Å². The van der Waals surface area contributed by atoms with Crippen molar-refractivity contribution in [3.8, 4) is 0 Å². The van der Waals surface area contributed by atoms with Gasteiger partial charge in [-0.3, -0.25) is 10.1 Å². The van der Waals surface area contributed by atoms with Crippen LogP contribution in [0, 0.1) is 23.0 Å². The molecule has 1 heterocycles. The summed E-state index contributed by atoms with van der Waals surface area (Å²) in [6.07, 6.45) is 4.96. The van der Waals surface area contributed by atoms with Gasteiger partial charge in [0.2, 0.25) is 5.82 Å². The fourth-order valence-corrected chi connectivity index (χ4v) is 2.34. The summed E-state index contributed by atoms with van der Waals surface area (Å²) in [6.45, 7) is 4.01. The molecule has 1 fully saturated rings. The van der Waals surface area contributed by atoms with Crippen LogP contribution in [0.2, 0.25) is 0 Å². The normalized spacial score (nSPS) is 23.6. The lowest BCUT2D eigenvalue weighted by Gasteiger charge is -2.13. The minimum absolute atomic E-state index is 0.0737. The fraction of sp³-hybridized carbons (Fsp3) is 0.583. The SMILES string of the molecule is Cc1cnc(NC2CCC(C)C2)c([N+](=O)[O-])c1. The molecule has 0 amide bonds. The number of nitrogens with one attached hydrogen (secondary N) is 1. The fourth-order valence-electron chi connectivity index (χ4n) is 2.34. The summed E-state index contributed by atoms with van der Waals surface area (Å²) in [5, 5.41) is 14.1. The topological polar surface area (TPSA) is 68.1 Å². The van der Waals surface area contributed by atoms with Crippen LogP contribution in [0.4, 0.5) is 11.5 Å². The minimum atomic E-state index is -0.374. The molecule has 5 heteroatoms. The zero-order valence-electron chi connectivity index (χ0n) is 10.1. The zero-order valence-corrected chi connectivity index (χ0v) is 10.1. The van der Waals surface area contributed by atoms with E-state index in [1.165, 1.54) is 6.42 Å². The number of aromatic nitrogens is 1. The van der Waals surface area contributed by atoms with Crippen LogP contribution >= 0.6 is 0 Å². The molecular weight excluding hydrogens is 218 g/mol. The molecule has 92 valence electrons. The number of nitrogens with zero attached hydrogens (tertiary/aromatic N) is 2. The lowest BCUT2D eigenvalue weighted by molar-refractivity contribution is -0.384. The van der Waals surface area contributed by atoms with Crippen molar-refractivity contribution < 1.29 is 4.92 Å². The van der Waals surface area contributed by atoms with E-state index in [9.17, 15) is 10.1 Å². The molecule has 0 aromatic carbocycles. The highest BCUT2D eigenvalue weighted by Crippen LogP contribution is 2.30. The number of aryl methyl sites for hydroxylation is 1. The molecule has 2 atom stereocenters. The summed E-state index contributed by atoms with van der Waals surface area (Å²) < 4.78 is 0. The smallest absolute Gasteiger partial charge is 0.311 e. The van der Waals surface area contributed by atoms with Gasteiger partial charge < -0.3 is 5.32 Å². The van der Waals surface area contributed by atoms with E-state index in [0.717, 1.165) is 18.4 Å². The van der Waals surface area contributed by atoms with Gasteiger partial charge in [0, 0.05) is 18.3 Å². The van der Waals surface area contributed by atoms with Crippen molar-refractivity contribution in [3.63, 3.8) is 0 Å². The highest BCUT2D eigenvalue weighted by atomic mass is 16.6. The Labute approximate surface area is 100 Å². The van der Waals surface area contributed by atoms with Gasteiger partial charge in [-0.05, 0) is 37.7 Å². The Morgan fingerprint density at radius 1 is 1.53 bits per heavy atom. The summed E-state index contributed by atoms with van der Waals surface area (Å²) in [7, 11) is 0. The van der Waals surface area contributed by atoms with E-state index in [1.54, 1.807) is 19.2 Å². The monoisotopic (exact) mass is 235 g/mol. The van der Waals surface area contributed by atoms with Crippen molar-refractivity contribution in [1.82, 2.24) is 4.98 Å². The second-order valence-corrected chi connectivity index (χ2v) is 4.90. The average Bonchev–Trinajstić information content (AvgIpc) is 2.66. The van der Waals surface area contributed by atoms with Crippen molar-refractivity contribution in [2.75, 3.05) is 5.32 Å². The largest absolute Gasteiger partial charge is 0.362 e. The molecule has 1 aromatic heterocycles.